The molecule has 0 aliphatic carbocycles. The third-order valence-electron chi connectivity index (χ3n) is 3.40. The van der Waals surface area contributed by atoms with Crippen LogP contribution < -0.4 is 14.8 Å². The molecule has 0 bridgehead atoms. The molecule has 1 unspecified atom stereocenters. The molecule has 1 atom stereocenters. The van der Waals surface area contributed by atoms with Crippen molar-refractivity contribution in [2.75, 3.05) is 21.3 Å². The Morgan fingerprint density at radius 3 is 2.52 bits per heavy atom. The Bertz CT molecular complexity index is 669. The van der Waals surface area contributed by atoms with Crippen LogP contribution in [0.25, 0.3) is 11.0 Å². The van der Waals surface area contributed by atoms with Gasteiger partial charge in [0.1, 0.15) is 11.9 Å². The van der Waals surface area contributed by atoms with Crippen molar-refractivity contribution in [3.8, 4) is 11.5 Å². The maximum Gasteiger partial charge on any atom is 0.242 e. The van der Waals surface area contributed by atoms with Gasteiger partial charge in [0.25, 0.3) is 0 Å². The van der Waals surface area contributed by atoms with Crippen LogP contribution in [0.3, 0.4) is 0 Å². The fourth-order valence-corrected chi connectivity index (χ4v) is 2.51. The predicted octanol–water partition coefficient (Wildman–Crippen LogP) is 2.10. The van der Waals surface area contributed by atoms with Gasteiger partial charge in [0.15, 0.2) is 11.5 Å². The number of benzene rings is 1. The molecule has 7 heteroatoms. The number of alkyl halides is 1. The summed E-state index contributed by atoms with van der Waals surface area (Å²) in [5.74, 6) is 1.88. The molecule has 0 saturated heterocycles. The second kappa shape index (κ2) is 6.22. The van der Waals surface area contributed by atoms with Crippen LogP contribution in [0.5, 0.6) is 11.5 Å². The van der Waals surface area contributed by atoms with Crippen LogP contribution in [0, 0.1) is 0 Å². The van der Waals surface area contributed by atoms with Gasteiger partial charge in [-0.25, -0.2) is 4.98 Å². The number of nitrogens with one attached hydrogen (secondary N) is 1. The van der Waals surface area contributed by atoms with E-state index in [0.717, 1.165) is 5.52 Å². The van der Waals surface area contributed by atoms with E-state index in [0.29, 0.717) is 22.8 Å². The van der Waals surface area contributed by atoms with Gasteiger partial charge >= 0.3 is 0 Å². The largest absolute Gasteiger partial charge is 0.493 e. The number of ether oxygens (including phenoxy) is 2. The van der Waals surface area contributed by atoms with Crippen LogP contribution in [0.4, 0.5) is 0 Å². The van der Waals surface area contributed by atoms with Gasteiger partial charge in [0, 0.05) is 19.2 Å². The van der Waals surface area contributed by atoms with Crippen LogP contribution in [-0.2, 0) is 10.7 Å². The zero-order valence-corrected chi connectivity index (χ0v) is 13.2. The normalized spacial score (nSPS) is 12.2. The number of carbonyl (C=O) groups excluding carboxylic acids is 1. The molecule has 2 rings (SSSR count). The lowest BCUT2D eigenvalue weighted by Gasteiger charge is -2.16. The number of imidazole rings is 1. The average molecular weight is 312 g/mol. The highest BCUT2D eigenvalue weighted by molar-refractivity contribution is 6.17. The lowest BCUT2D eigenvalue weighted by atomic mass is 10.2. The zero-order chi connectivity index (χ0) is 15.6. The Hall–Kier alpha value is -1.95. The smallest absolute Gasteiger partial charge is 0.242 e. The summed E-state index contributed by atoms with van der Waals surface area (Å²) in [6, 6.07) is 3.15. The first kappa shape index (κ1) is 15.4. The van der Waals surface area contributed by atoms with Crippen molar-refractivity contribution in [2.45, 2.75) is 18.8 Å². The zero-order valence-electron chi connectivity index (χ0n) is 12.4. The summed E-state index contributed by atoms with van der Waals surface area (Å²) in [6.07, 6.45) is 0. The van der Waals surface area contributed by atoms with Gasteiger partial charge in [-0.05, 0) is 6.92 Å². The van der Waals surface area contributed by atoms with Crippen molar-refractivity contribution < 1.29 is 14.3 Å². The number of amides is 1. The number of fused-ring (bicyclic) bond motifs is 1. The molecule has 21 heavy (non-hydrogen) atoms. The van der Waals surface area contributed by atoms with Crippen molar-refractivity contribution in [3.63, 3.8) is 0 Å². The van der Waals surface area contributed by atoms with E-state index in [2.05, 4.69) is 10.3 Å². The summed E-state index contributed by atoms with van der Waals surface area (Å²) in [7, 11) is 4.73. The minimum Gasteiger partial charge on any atom is -0.493 e. The highest BCUT2D eigenvalue weighted by Gasteiger charge is 2.22. The van der Waals surface area contributed by atoms with Crippen LogP contribution >= 0.6 is 11.6 Å². The van der Waals surface area contributed by atoms with Crippen molar-refractivity contribution in [1.29, 1.82) is 0 Å². The predicted molar refractivity (Wildman–Crippen MR) is 81.2 cm³/mol. The van der Waals surface area contributed by atoms with E-state index in [1.807, 2.05) is 4.57 Å². The summed E-state index contributed by atoms with van der Waals surface area (Å²) in [5, 5.41) is 2.63. The maximum absolute atomic E-state index is 11.9. The molecule has 114 valence electrons. The highest BCUT2D eigenvalue weighted by atomic mass is 35.5. The number of halogens is 1. The third-order valence-corrected chi connectivity index (χ3v) is 3.64. The number of methoxy groups -OCH3 is 2. The van der Waals surface area contributed by atoms with E-state index >= 15 is 0 Å². The number of carbonyl (C=O) groups is 1. The van der Waals surface area contributed by atoms with Crippen molar-refractivity contribution in [2.24, 2.45) is 0 Å². The van der Waals surface area contributed by atoms with Gasteiger partial charge in [-0.1, -0.05) is 0 Å². The lowest BCUT2D eigenvalue weighted by molar-refractivity contribution is -0.123. The lowest BCUT2D eigenvalue weighted by Crippen LogP contribution is -2.28. The van der Waals surface area contributed by atoms with E-state index in [1.54, 1.807) is 40.3 Å². The molecule has 2 aromatic rings. The molecule has 1 N–H and O–H groups in total. The van der Waals surface area contributed by atoms with E-state index in [9.17, 15) is 4.79 Å². The fourth-order valence-electron chi connectivity index (χ4n) is 2.32. The van der Waals surface area contributed by atoms with Crippen LogP contribution in [0.2, 0.25) is 0 Å². The van der Waals surface area contributed by atoms with E-state index in [4.69, 9.17) is 21.1 Å². The van der Waals surface area contributed by atoms with E-state index < -0.39 is 6.04 Å². The van der Waals surface area contributed by atoms with Gasteiger partial charge in [-0.3, -0.25) is 4.79 Å². The topological polar surface area (TPSA) is 65.4 Å². The molecular formula is C14H18ClN3O3. The van der Waals surface area contributed by atoms with Crippen molar-refractivity contribution in [1.82, 2.24) is 14.9 Å². The number of hydrogen-bond acceptors (Lipinski definition) is 4. The molecule has 0 radical (unpaired) electrons. The first-order chi connectivity index (χ1) is 10.1. The Balaban J connectivity index is 2.70. The summed E-state index contributed by atoms with van der Waals surface area (Å²) < 4.78 is 12.4. The first-order valence-corrected chi connectivity index (χ1v) is 7.01. The summed E-state index contributed by atoms with van der Waals surface area (Å²) in [4.78, 5) is 16.4. The summed E-state index contributed by atoms with van der Waals surface area (Å²) >= 11 is 5.97. The maximum atomic E-state index is 11.9. The van der Waals surface area contributed by atoms with Crippen LogP contribution in [0.15, 0.2) is 12.1 Å². The number of nitrogens with zero attached hydrogens (tertiary/aromatic N) is 2. The average Bonchev–Trinajstić information content (AvgIpc) is 2.88. The first-order valence-electron chi connectivity index (χ1n) is 6.47. The quantitative estimate of drug-likeness (QED) is 0.859. The second-order valence-corrected chi connectivity index (χ2v) is 4.79. The Morgan fingerprint density at radius 2 is 2.00 bits per heavy atom. The minimum atomic E-state index is -0.424. The number of hydrogen-bond donors (Lipinski definition) is 1. The fraction of sp³-hybridized carbons (Fsp3) is 0.429. The van der Waals surface area contributed by atoms with Crippen LogP contribution in [0.1, 0.15) is 18.8 Å². The minimum absolute atomic E-state index is 0.115. The van der Waals surface area contributed by atoms with E-state index in [1.165, 1.54) is 0 Å². The molecular weight excluding hydrogens is 294 g/mol. The molecule has 0 spiro atoms. The summed E-state index contributed by atoms with van der Waals surface area (Å²) in [6.45, 7) is 1.80. The van der Waals surface area contributed by atoms with Crippen molar-refractivity contribution >= 4 is 28.5 Å². The highest BCUT2D eigenvalue weighted by Crippen LogP contribution is 2.34. The molecule has 1 aromatic carbocycles. The Morgan fingerprint density at radius 1 is 1.38 bits per heavy atom. The molecule has 6 nitrogen and oxygen atoms in total. The van der Waals surface area contributed by atoms with Gasteiger partial charge in [-0.15, -0.1) is 11.6 Å². The summed E-state index contributed by atoms with van der Waals surface area (Å²) in [5.41, 5.74) is 1.48. The Kier molecular flexibility index (Phi) is 4.57. The van der Waals surface area contributed by atoms with Gasteiger partial charge in [-0.2, -0.15) is 0 Å². The molecule has 0 aliphatic heterocycles. The van der Waals surface area contributed by atoms with Gasteiger partial charge in [0.05, 0.1) is 31.1 Å². The monoisotopic (exact) mass is 311 g/mol. The van der Waals surface area contributed by atoms with Crippen LogP contribution in [-0.4, -0.2) is 36.7 Å². The SMILES string of the molecule is CNC(=O)C(C)n1c(CCl)nc2cc(OC)c(OC)cc21. The standard InChI is InChI=1S/C14H18ClN3O3/c1-8(14(19)16-2)18-10-6-12(21-4)11(20-3)5-9(10)17-13(18)7-15/h5-6,8H,7H2,1-4H3,(H,16,19). The molecule has 0 saturated carbocycles. The molecule has 1 heterocycles. The molecule has 0 fully saturated rings. The molecule has 1 amide bonds. The van der Waals surface area contributed by atoms with Crippen molar-refractivity contribution in [3.05, 3.63) is 18.0 Å². The number of likely N-dealkylation sites (N-methyl/N-ethyl adjacent to an activating group) is 1. The third kappa shape index (κ3) is 2.63. The number of aromatic nitrogens is 2. The second-order valence-electron chi connectivity index (χ2n) is 4.52. The van der Waals surface area contributed by atoms with Gasteiger partial charge < -0.3 is 19.4 Å². The number of rotatable bonds is 5. The molecule has 1 aromatic heterocycles. The molecule has 0 aliphatic rings. The Labute approximate surface area is 128 Å². The van der Waals surface area contributed by atoms with E-state index in [-0.39, 0.29) is 11.8 Å². The van der Waals surface area contributed by atoms with Gasteiger partial charge in [0.2, 0.25) is 5.91 Å².